The molecule has 3 aromatic rings. The molecule has 0 spiro atoms. The lowest BCUT2D eigenvalue weighted by Crippen LogP contribution is -2.21. The standard InChI is InChI=1S/C32H39O7P/c1-7-20-39-27-21-22(6)18-19-28(27)40(31(33)29-23(35-8-2)14-12-15-24(29)36-9-3)32(34)30-25(37-10-4)16-13-17-26(30)38-11-5/h12-19,21H,7-11,20H2,1-6H3. The molecular weight excluding hydrogens is 527 g/mol. The van der Waals surface area contributed by atoms with Crippen molar-refractivity contribution < 1.29 is 33.3 Å². The molecule has 0 aliphatic heterocycles. The van der Waals surface area contributed by atoms with Crippen LogP contribution in [-0.4, -0.2) is 44.1 Å². The largest absolute Gasteiger partial charge is 0.493 e. The van der Waals surface area contributed by atoms with E-state index in [-0.39, 0.29) is 11.1 Å². The van der Waals surface area contributed by atoms with Crippen LogP contribution in [0.3, 0.4) is 0 Å². The number of aryl methyl sites for hydroxylation is 1. The molecule has 0 bridgehead atoms. The van der Waals surface area contributed by atoms with Crippen molar-refractivity contribution >= 4 is 24.3 Å². The van der Waals surface area contributed by atoms with E-state index in [0.717, 1.165) is 12.0 Å². The van der Waals surface area contributed by atoms with E-state index in [0.29, 0.717) is 67.1 Å². The van der Waals surface area contributed by atoms with E-state index in [2.05, 4.69) is 0 Å². The Labute approximate surface area is 238 Å². The number of hydrogen-bond donors (Lipinski definition) is 0. The quantitative estimate of drug-likeness (QED) is 0.170. The van der Waals surface area contributed by atoms with Gasteiger partial charge in [0.1, 0.15) is 39.9 Å². The van der Waals surface area contributed by atoms with Crippen LogP contribution in [0.5, 0.6) is 28.7 Å². The van der Waals surface area contributed by atoms with Crippen LogP contribution in [0.25, 0.3) is 0 Å². The van der Waals surface area contributed by atoms with Crippen molar-refractivity contribution in [2.45, 2.75) is 48.0 Å². The Balaban J connectivity index is 2.34. The van der Waals surface area contributed by atoms with Gasteiger partial charge in [0, 0.05) is 5.30 Å². The predicted molar refractivity (Wildman–Crippen MR) is 160 cm³/mol. The normalized spacial score (nSPS) is 10.8. The van der Waals surface area contributed by atoms with Crippen LogP contribution >= 0.6 is 7.92 Å². The SMILES string of the molecule is CCCOc1cc(C)ccc1P(C(=O)c1c(OCC)cccc1OCC)C(=O)c1c(OCC)cccc1OCC. The highest BCUT2D eigenvalue weighted by Crippen LogP contribution is 2.51. The molecule has 0 heterocycles. The molecule has 214 valence electrons. The summed E-state index contributed by atoms with van der Waals surface area (Å²) in [6.45, 7) is 13.2. The Kier molecular flexibility index (Phi) is 11.8. The van der Waals surface area contributed by atoms with Gasteiger partial charge in [0.15, 0.2) is 0 Å². The summed E-state index contributed by atoms with van der Waals surface area (Å²) in [6.07, 6.45) is 0.774. The van der Waals surface area contributed by atoms with E-state index >= 15 is 0 Å². The molecule has 40 heavy (non-hydrogen) atoms. The minimum atomic E-state index is -2.21. The fraction of sp³-hybridized carbons (Fsp3) is 0.375. The van der Waals surface area contributed by atoms with Gasteiger partial charge >= 0.3 is 0 Å². The maximum atomic E-state index is 14.7. The Morgan fingerprint density at radius 3 is 1.40 bits per heavy atom. The van der Waals surface area contributed by atoms with Crippen LogP contribution in [0, 0.1) is 6.92 Å². The van der Waals surface area contributed by atoms with Gasteiger partial charge in [-0.2, -0.15) is 0 Å². The molecule has 0 aromatic heterocycles. The van der Waals surface area contributed by atoms with Crippen molar-refractivity contribution in [2.75, 3.05) is 33.0 Å². The van der Waals surface area contributed by atoms with Crippen molar-refractivity contribution in [3.63, 3.8) is 0 Å². The lowest BCUT2D eigenvalue weighted by Gasteiger charge is -2.23. The molecule has 0 atom stereocenters. The third-order valence-electron chi connectivity index (χ3n) is 5.83. The van der Waals surface area contributed by atoms with Gasteiger partial charge in [0.2, 0.25) is 11.0 Å². The number of rotatable bonds is 16. The van der Waals surface area contributed by atoms with Gasteiger partial charge < -0.3 is 23.7 Å². The first kappa shape index (κ1) is 31.0. The lowest BCUT2D eigenvalue weighted by atomic mass is 10.2. The topological polar surface area (TPSA) is 80.3 Å². The van der Waals surface area contributed by atoms with E-state index in [1.165, 1.54) is 0 Å². The summed E-state index contributed by atoms with van der Waals surface area (Å²) in [7, 11) is -2.21. The van der Waals surface area contributed by atoms with E-state index in [4.69, 9.17) is 23.7 Å². The Bertz CT molecular complexity index is 1180. The molecule has 0 saturated carbocycles. The van der Waals surface area contributed by atoms with E-state index in [9.17, 15) is 9.59 Å². The minimum absolute atomic E-state index is 0.236. The summed E-state index contributed by atoms with van der Waals surface area (Å²) in [5, 5.41) is 0.520. The highest BCUT2D eigenvalue weighted by Gasteiger charge is 2.38. The van der Waals surface area contributed by atoms with Crippen LogP contribution in [0.15, 0.2) is 54.6 Å². The predicted octanol–water partition coefficient (Wildman–Crippen LogP) is 7.17. The Morgan fingerprint density at radius 1 is 0.600 bits per heavy atom. The fourth-order valence-corrected chi connectivity index (χ4v) is 6.30. The summed E-state index contributed by atoms with van der Waals surface area (Å²) >= 11 is 0. The van der Waals surface area contributed by atoms with Crippen molar-refractivity contribution in [1.82, 2.24) is 0 Å². The molecule has 0 N–H and O–H groups in total. The number of hydrogen-bond acceptors (Lipinski definition) is 7. The second-order valence-electron chi connectivity index (χ2n) is 8.76. The van der Waals surface area contributed by atoms with Crippen molar-refractivity contribution in [2.24, 2.45) is 0 Å². The lowest BCUT2D eigenvalue weighted by molar-refractivity contribution is 0.104. The van der Waals surface area contributed by atoms with Crippen molar-refractivity contribution in [3.05, 3.63) is 71.3 Å². The first-order valence-electron chi connectivity index (χ1n) is 13.8. The van der Waals surface area contributed by atoms with Gasteiger partial charge in [-0.15, -0.1) is 0 Å². The third kappa shape index (κ3) is 7.14. The highest BCUT2D eigenvalue weighted by molar-refractivity contribution is 7.96. The summed E-state index contributed by atoms with van der Waals surface area (Å²) in [5.74, 6) is 1.97. The third-order valence-corrected chi connectivity index (χ3v) is 7.94. The zero-order valence-electron chi connectivity index (χ0n) is 24.2. The summed E-state index contributed by atoms with van der Waals surface area (Å²) < 4.78 is 29.6. The molecule has 0 amide bonds. The van der Waals surface area contributed by atoms with Crippen LogP contribution < -0.4 is 29.0 Å². The summed E-state index contributed by atoms with van der Waals surface area (Å²) in [4.78, 5) is 29.4. The zero-order valence-corrected chi connectivity index (χ0v) is 25.1. The van der Waals surface area contributed by atoms with Gasteiger partial charge in [-0.1, -0.05) is 25.1 Å². The molecule has 0 unspecified atom stereocenters. The number of carbonyl (C=O) groups is 2. The monoisotopic (exact) mass is 566 g/mol. The Hall–Kier alpha value is -3.57. The second-order valence-corrected chi connectivity index (χ2v) is 10.7. The molecule has 7 nitrogen and oxygen atoms in total. The van der Waals surface area contributed by atoms with Gasteiger partial charge in [-0.3, -0.25) is 9.59 Å². The first-order valence-corrected chi connectivity index (χ1v) is 15.1. The fourth-order valence-electron chi connectivity index (χ4n) is 4.22. The summed E-state index contributed by atoms with van der Waals surface area (Å²) in [5.41, 5.74) is 0.635. The molecule has 0 aliphatic carbocycles. The zero-order chi connectivity index (χ0) is 29.1. The molecular formula is C32H39O7P. The van der Waals surface area contributed by atoms with Crippen LogP contribution in [-0.2, 0) is 0 Å². The van der Waals surface area contributed by atoms with Gasteiger partial charge in [0.25, 0.3) is 0 Å². The smallest absolute Gasteiger partial charge is 0.204 e. The Morgan fingerprint density at radius 2 is 1.02 bits per heavy atom. The van der Waals surface area contributed by atoms with Crippen LogP contribution in [0.4, 0.5) is 0 Å². The molecule has 0 saturated heterocycles. The van der Waals surface area contributed by atoms with Crippen LogP contribution in [0.1, 0.15) is 67.3 Å². The van der Waals surface area contributed by atoms with Crippen molar-refractivity contribution in [3.8, 4) is 28.7 Å². The molecule has 0 aliphatic rings. The van der Waals surface area contributed by atoms with E-state index in [1.807, 2.05) is 59.7 Å². The van der Waals surface area contributed by atoms with Gasteiger partial charge in [-0.25, -0.2) is 0 Å². The minimum Gasteiger partial charge on any atom is -0.493 e. The molecule has 3 rings (SSSR count). The maximum absolute atomic E-state index is 14.7. The van der Waals surface area contributed by atoms with Crippen LogP contribution in [0.2, 0.25) is 0 Å². The molecule has 3 aromatic carbocycles. The average Bonchev–Trinajstić information content (AvgIpc) is 2.94. The molecule has 0 fully saturated rings. The van der Waals surface area contributed by atoms with Crippen molar-refractivity contribution in [1.29, 1.82) is 0 Å². The number of benzene rings is 3. The number of carbonyl (C=O) groups excluding carboxylic acids is 2. The van der Waals surface area contributed by atoms with E-state index < -0.39 is 19.0 Å². The maximum Gasteiger partial charge on any atom is 0.204 e. The van der Waals surface area contributed by atoms with E-state index in [1.54, 1.807) is 36.4 Å². The second kappa shape index (κ2) is 15.3. The average molecular weight is 567 g/mol. The molecule has 8 heteroatoms. The highest BCUT2D eigenvalue weighted by atomic mass is 31.1. The first-order chi connectivity index (χ1) is 19.4. The number of ether oxygens (including phenoxy) is 5. The molecule has 0 radical (unpaired) electrons. The van der Waals surface area contributed by atoms with Gasteiger partial charge in [0.05, 0.1) is 41.0 Å². The van der Waals surface area contributed by atoms with Gasteiger partial charge in [-0.05, 0) is 83.0 Å². The summed E-state index contributed by atoms with van der Waals surface area (Å²) in [6, 6.07) is 16.0.